The van der Waals surface area contributed by atoms with E-state index in [2.05, 4.69) is 47.4 Å². The molecule has 31 heteroatoms. The summed E-state index contributed by atoms with van der Waals surface area (Å²) in [5, 5.41) is 23.7. The van der Waals surface area contributed by atoms with Gasteiger partial charge in [-0.05, 0) is 113 Å². The molecule has 0 saturated carbocycles. The van der Waals surface area contributed by atoms with E-state index in [1.54, 1.807) is 0 Å². The third-order valence-corrected chi connectivity index (χ3v) is 20.8. The van der Waals surface area contributed by atoms with Crippen molar-refractivity contribution >= 4 is 76.7 Å². The number of carboxylic acid groups (broad SMARTS) is 1. The molecule has 31 nitrogen and oxygen atoms in total. The number of ether oxygens (including phenoxy) is 12. The van der Waals surface area contributed by atoms with Crippen molar-refractivity contribution in [1.29, 1.82) is 0 Å². The first kappa shape index (κ1) is 97.6. The molecule has 5 amide bonds. The lowest BCUT2D eigenvalue weighted by atomic mass is 9.79. The standard InChI is InChI=1S/C79H133N5O26/c1-51-52(2)66(45-104-60(10)87)108-76(57(51)7)101-40-22-19-30-63(90)27-15-13-16-29-65(92)36-43-99-48-79(84-71(95)33-25-34-72(96)97,50-107-73(98)35-18-14-17-28-64(91)31-20-23-41-102-77-74(82-58(8)85)55(5)53(3)67(109-77)46-105-61(11)88)49-100-44-37-70(94)81-39-26-38-80-69(93)32-21-24-42-103-78-75(83-59(9)86)56(6)54(4)68(110-78)47-106-62(12)89/h51-57,66-68,74-78H,13-50H2,1-12H3,(H,80,93)(H,81,94)(H,82,85)(H,83,86)(H,84,95)(H,96,97)/t51-,52+,53+,54+,55-,56-,57?,66?,67?,68?,74?,75?,76+,77+,78+,79?/m0/s1. The number of nitrogens with one attached hydrogen (secondary N) is 5. The second-order valence-corrected chi connectivity index (χ2v) is 30.1. The van der Waals surface area contributed by atoms with Gasteiger partial charge in [-0.2, -0.15) is 0 Å². The predicted molar refractivity (Wildman–Crippen MR) is 401 cm³/mol. The highest BCUT2D eigenvalue weighted by Gasteiger charge is 2.45. The molecule has 0 spiro atoms. The largest absolute Gasteiger partial charge is 0.481 e. The van der Waals surface area contributed by atoms with Crippen LogP contribution < -0.4 is 26.6 Å². The number of Topliss-reactive ketones (excluding diaryl/α,β-unsaturated/α-hetero) is 3. The molecule has 0 aromatic rings. The maximum absolute atomic E-state index is 13.6. The molecule has 0 aromatic heterocycles. The summed E-state index contributed by atoms with van der Waals surface area (Å²) in [7, 11) is 0. The SMILES string of the molecule is CC(=O)NC1[C@H](OCCCCC(=O)CCCCCC(=O)OCC(COCCC(=O)CCCCCC(=O)CCCCO[C@@H]2OC(COC(C)=O)[C@H](C)[C@H](C)C2C)(COCCC(=O)NCCCNC(=O)CCCCO[C@@H]2OC(COC(C)=O)[C@H](C)[C@H](C)C2NC(C)=O)NC(=O)CCCC(=O)O)OC(COC(C)=O)[C@H](C)[C@@H]1C. The number of amides is 5. The highest BCUT2D eigenvalue weighted by molar-refractivity contribution is 5.80. The number of hydrogen-bond acceptors (Lipinski definition) is 25. The fourth-order valence-corrected chi connectivity index (χ4v) is 13.3. The van der Waals surface area contributed by atoms with Crippen molar-refractivity contribution in [2.45, 2.75) is 298 Å². The van der Waals surface area contributed by atoms with Crippen LogP contribution in [0.3, 0.4) is 0 Å². The molecular weight excluding hydrogens is 1430 g/mol. The molecule has 16 atom stereocenters. The van der Waals surface area contributed by atoms with Gasteiger partial charge in [-0.3, -0.25) is 62.3 Å². The zero-order valence-electron chi connectivity index (χ0n) is 67.7. The van der Waals surface area contributed by atoms with Gasteiger partial charge in [0, 0.05) is 144 Å². The lowest BCUT2D eigenvalue weighted by Crippen LogP contribution is -2.59. The van der Waals surface area contributed by atoms with Gasteiger partial charge in [0.1, 0.15) is 49.3 Å². The van der Waals surface area contributed by atoms with Crippen LogP contribution in [0.25, 0.3) is 0 Å². The molecule has 3 heterocycles. The van der Waals surface area contributed by atoms with Gasteiger partial charge in [0.25, 0.3) is 0 Å². The summed E-state index contributed by atoms with van der Waals surface area (Å²) >= 11 is 0. The van der Waals surface area contributed by atoms with E-state index in [0.29, 0.717) is 109 Å². The number of carbonyl (C=O) groups excluding carboxylic acids is 12. The molecule has 3 aliphatic rings. The Morgan fingerprint density at radius 2 is 0.718 bits per heavy atom. The van der Waals surface area contributed by atoms with Gasteiger partial charge in [-0.15, -0.1) is 0 Å². The summed E-state index contributed by atoms with van der Waals surface area (Å²) in [6, 6.07) is -0.861. The fourth-order valence-electron chi connectivity index (χ4n) is 13.3. The Morgan fingerprint density at radius 3 is 1.15 bits per heavy atom. The van der Waals surface area contributed by atoms with Crippen molar-refractivity contribution in [1.82, 2.24) is 26.6 Å². The molecule has 0 bridgehead atoms. The van der Waals surface area contributed by atoms with Crippen molar-refractivity contribution in [3.63, 3.8) is 0 Å². The van der Waals surface area contributed by atoms with Crippen LogP contribution in [-0.2, 0) is 119 Å². The Hall–Kier alpha value is -6.61. The molecule has 6 N–H and O–H groups in total. The molecular formula is C79H133N5O26. The summed E-state index contributed by atoms with van der Waals surface area (Å²) in [5.74, 6) is -4.06. The zero-order valence-corrected chi connectivity index (χ0v) is 67.7. The topological polar surface area (TPSA) is 413 Å². The summed E-state index contributed by atoms with van der Waals surface area (Å²) in [4.78, 5) is 162. The number of esters is 4. The van der Waals surface area contributed by atoms with Crippen molar-refractivity contribution in [3.8, 4) is 0 Å². The third kappa shape index (κ3) is 41.2. The number of hydrogen-bond donors (Lipinski definition) is 6. The Balaban J connectivity index is 1.52. The van der Waals surface area contributed by atoms with Crippen molar-refractivity contribution < 1.29 is 124 Å². The number of unbranched alkanes of at least 4 members (excludes halogenated alkanes) is 7. The molecule has 3 saturated heterocycles. The number of rotatable bonds is 59. The lowest BCUT2D eigenvalue weighted by molar-refractivity contribution is -0.255. The number of carboxylic acids is 1. The second-order valence-electron chi connectivity index (χ2n) is 30.1. The van der Waals surface area contributed by atoms with Crippen LogP contribution in [0.1, 0.15) is 244 Å². The van der Waals surface area contributed by atoms with Gasteiger partial charge in [0.05, 0.1) is 56.8 Å². The molecule has 3 fully saturated rings. The van der Waals surface area contributed by atoms with Gasteiger partial charge < -0.3 is 88.5 Å². The zero-order chi connectivity index (χ0) is 81.6. The van der Waals surface area contributed by atoms with Crippen LogP contribution in [0.2, 0.25) is 0 Å². The van der Waals surface area contributed by atoms with E-state index in [9.17, 15) is 67.4 Å². The van der Waals surface area contributed by atoms with Crippen LogP contribution >= 0.6 is 0 Å². The van der Waals surface area contributed by atoms with Crippen LogP contribution in [0.15, 0.2) is 0 Å². The van der Waals surface area contributed by atoms with E-state index < -0.39 is 85.1 Å². The first-order valence-corrected chi connectivity index (χ1v) is 40.0. The normalized spacial score (nSPS) is 24.3. The molecule has 3 rings (SSSR count). The molecule has 0 radical (unpaired) electrons. The van der Waals surface area contributed by atoms with Crippen molar-refractivity contribution in [3.05, 3.63) is 0 Å². The molecule has 630 valence electrons. The summed E-state index contributed by atoms with van der Waals surface area (Å²) < 4.78 is 70.2. The third-order valence-electron chi connectivity index (χ3n) is 20.8. The molecule has 0 aromatic carbocycles. The molecule has 7 unspecified atom stereocenters. The Labute approximate surface area is 650 Å². The van der Waals surface area contributed by atoms with Gasteiger partial charge in [-0.25, -0.2) is 0 Å². The van der Waals surface area contributed by atoms with Gasteiger partial charge in [0.15, 0.2) is 18.9 Å². The smallest absolute Gasteiger partial charge is 0.305 e. The molecule has 3 aliphatic heterocycles. The van der Waals surface area contributed by atoms with Crippen LogP contribution in [-0.4, -0.2) is 222 Å². The summed E-state index contributed by atoms with van der Waals surface area (Å²) in [6.07, 6.45) is 5.17. The minimum Gasteiger partial charge on any atom is -0.481 e. The lowest BCUT2D eigenvalue weighted by Gasteiger charge is -2.44. The average molecular weight is 1570 g/mol. The number of aliphatic carboxylic acids is 1. The number of carbonyl (C=O) groups is 13. The van der Waals surface area contributed by atoms with Crippen molar-refractivity contribution in [2.75, 3.05) is 85.8 Å². The Kier molecular flexibility index (Phi) is 48.8. The first-order chi connectivity index (χ1) is 52.3. The maximum Gasteiger partial charge on any atom is 0.305 e. The summed E-state index contributed by atoms with van der Waals surface area (Å²) in [6.45, 7) is 21.4. The van der Waals surface area contributed by atoms with E-state index in [-0.39, 0.29) is 225 Å². The highest BCUT2D eigenvalue weighted by atomic mass is 16.7. The van der Waals surface area contributed by atoms with E-state index in [4.69, 9.17) is 56.8 Å². The highest BCUT2D eigenvalue weighted by Crippen LogP contribution is 2.37. The predicted octanol–water partition coefficient (Wildman–Crippen LogP) is 7.57. The van der Waals surface area contributed by atoms with Crippen LogP contribution in [0.5, 0.6) is 0 Å². The van der Waals surface area contributed by atoms with Crippen LogP contribution in [0, 0.1) is 41.4 Å². The van der Waals surface area contributed by atoms with E-state index in [1.807, 2.05) is 27.7 Å². The fraction of sp³-hybridized carbons (Fsp3) is 0.835. The molecule has 0 aliphatic carbocycles. The van der Waals surface area contributed by atoms with Crippen molar-refractivity contribution in [2.24, 2.45) is 41.4 Å². The van der Waals surface area contributed by atoms with Gasteiger partial charge >= 0.3 is 29.8 Å². The Bertz CT molecular complexity index is 2830. The second kappa shape index (κ2) is 55.0. The quantitative estimate of drug-likeness (QED) is 0.0194. The minimum atomic E-state index is -1.56. The van der Waals surface area contributed by atoms with E-state index in [0.717, 1.165) is 0 Å². The maximum atomic E-state index is 13.6. The minimum absolute atomic E-state index is 0.00848. The molecule has 110 heavy (non-hydrogen) atoms. The number of ketones is 3. The Morgan fingerprint density at radius 1 is 0.345 bits per heavy atom. The van der Waals surface area contributed by atoms with Gasteiger partial charge in [-0.1, -0.05) is 61.3 Å². The van der Waals surface area contributed by atoms with Crippen LogP contribution in [0.4, 0.5) is 0 Å². The van der Waals surface area contributed by atoms with E-state index >= 15 is 0 Å². The summed E-state index contributed by atoms with van der Waals surface area (Å²) in [5.41, 5.74) is -1.56. The first-order valence-electron chi connectivity index (χ1n) is 40.0. The van der Waals surface area contributed by atoms with Gasteiger partial charge in [0.2, 0.25) is 29.5 Å². The van der Waals surface area contributed by atoms with E-state index in [1.165, 1.54) is 34.6 Å². The average Bonchev–Trinajstić information content (AvgIpc) is 0.817. The monoisotopic (exact) mass is 1570 g/mol.